The van der Waals surface area contributed by atoms with Crippen LogP contribution >= 0.6 is 0 Å². The van der Waals surface area contributed by atoms with Crippen molar-refractivity contribution in [3.63, 3.8) is 0 Å². The van der Waals surface area contributed by atoms with Crippen LogP contribution in [0.15, 0.2) is 72.8 Å². The van der Waals surface area contributed by atoms with Crippen LogP contribution in [0.5, 0.6) is 11.5 Å². The molecule has 1 amide bonds. The van der Waals surface area contributed by atoms with Crippen LogP contribution in [0.25, 0.3) is 0 Å². The number of ketones is 1. The van der Waals surface area contributed by atoms with Crippen LogP contribution in [-0.2, 0) is 16.0 Å². The predicted molar refractivity (Wildman–Crippen MR) is 144 cm³/mol. The topological polar surface area (TPSA) is 81.7 Å². The van der Waals surface area contributed by atoms with E-state index in [9.17, 15) is 14.4 Å². The second-order valence-electron chi connectivity index (χ2n) is 9.87. The Morgan fingerprint density at radius 2 is 1.59 bits per heavy atom. The van der Waals surface area contributed by atoms with Crippen LogP contribution in [0.3, 0.4) is 0 Å². The van der Waals surface area contributed by atoms with Crippen LogP contribution in [0, 0.1) is 19.3 Å². The second-order valence-corrected chi connectivity index (χ2v) is 9.87. The van der Waals surface area contributed by atoms with Gasteiger partial charge in [0.25, 0.3) is 0 Å². The molecular formula is C31H35NO5. The minimum Gasteiger partial charge on any atom is -0.493 e. The Hall–Kier alpha value is -3.93. The summed E-state index contributed by atoms with van der Waals surface area (Å²) in [6.45, 7) is 8.18. The summed E-state index contributed by atoms with van der Waals surface area (Å²) in [5.41, 5.74) is 2.89. The fourth-order valence-corrected chi connectivity index (χ4v) is 3.81. The number of amides is 1. The first-order chi connectivity index (χ1) is 17.6. The Morgan fingerprint density at radius 3 is 2.30 bits per heavy atom. The van der Waals surface area contributed by atoms with Gasteiger partial charge >= 0.3 is 5.97 Å². The van der Waals surface area contributed by atoms with Gasteiger partial charge in [0.1, 0.15) is 11.5 Å². The number of aryl methyl sites for hydroxylation is 2. The number of carbonyl (C=O) groups excluding carboxylic acids is 3. The number of hydrogen-bond donors (Lipinski definition) is 1. The normalized spacial score (nSPS) is 11.0. The lowest BCUT2D eigenvalue weighted by molar-refractivity contribution is -0.133. The van der Waals surface area contributed by atoms with Crippen molar-refractivity contribution >= 4 is 17.7 Å². The van der Waals surface area contributed by atoms with Gasteiger partial charge in [0.2, 0.25) is 5.91 Å². The molecule has 3 rings (SSSR count). The van der Waals surface area contributed by atoms with E-state index in [0.29, 0.717) is 30.8 Å². The quantitative estimate of drug-likeness (QED) is 0.150. The van der Waals surface area contributed by atoms with Crippen molar-refractivity contribution in [2.45, 2.75) is 47.0 Å². The summed E-state index contributed by atoms with van der Waals surface area (Å²) in [6.07, 6.45) is 1.51. The zero-order valence-corrected chi connectivity index (χ0v) is 22.0. The third-order valence-electron chi connectivity index (χ3n) is 6.17. The van der Waals surface area contributed by atoms with Crippen LogP contribution in [-0.4, -0.2) is 30.8 Å². The molecule has 6 heteroatoms. The Balaban J connectivity index is 1.41. The number of ether oxygens (including phenoxy) is 2. The van der Waals surface area contributed by atoms with Crippen molar-refractivity contribution < 1.29 is 23.9 Å². The molecule has 0 saturated heterocycles. The minimum atomic E-state index is -0.637. The fourth-order valence-electron chi connectivity index (χ4n) is 3.81. The van der Waals surface area contributed by atoms with Gasteiger partial charge in [0.05, 0.1) is 19.6 Å². The fraction of sp³-hybridized carbons (Fsp3) is 0.323. The lowest BCUT2D eigenvalue weighted by Gasteiger charge is -2.23. The first-order valence-electron chi connectivity index (χ1n) is 12.5. The Kier molecular flexibility index (Phi) is 9.61. The van der Waals surface area contributed by atoms with Gasteiger partial charge in [0.15, 0.2) is 5.78 Å². The summed E-state index contributed by atoms with van der Waals surface area (Å²) in [6, 6.07) is 21.8. The van der Waals surface area contributed by atoms with E-state index in [1.165, 1.54) is 0 Å². The van der Waals surface area contributed by atoms with Gasteiger partial charge in [-0.1, -0.05) is 56.3 Å². The summed E-state index contributed by atoms with van der Waals surface area (Å²) in [7, 11) is 0. The minimum absolute atomic E-state index is 0.103. The van der Waals surface area contributed by atoms with Gasteiger partial charge in [-0.15, -0.1) is 0 Å². The number of benzene rings is 3. The first-order valence-corrected chi connectivity index (χ1v) is 12.5. The van der Waals surface area contributed by atoms with Crippen molar-refractivity contribution in [3.8, 4) is 11.5 Å². The second kappa shape index (κ2) is 12.9. The molecule has 6 nitrogen and oxygen atoms in total. The number of carbonyl (C=O) groups is 3. The lowest BCUT2D eigenvalue weighted by atomic mass is 9.87. The van der Waals surface area contributed by atoms with Gasteiger partial charge in [-0.25, -0.2) is 0 Å². The van der Waals surface area contributed by atoms with E-state index >= 15 is 0 Å². The van der Waals surface area contributed by atoms with E-state index < -0.39 is 5.41 Å². The van der Waals surface area contributed by atoms with Gasteiger partial charge in [-0.3, -0.25) is 14.4 Å². The molecule has 0 heterocycles. The monoisotopic (exact) mass is 501 g/mol. The highest BCUT2D eigenvalue weighted by Gasteiger charge is 2.27. The Morgan fingerprint density at radius 1 is 0.892 bits per heavy atom. The standard InChI is InChI=1S/C31H35NO5/c1-22-11-12-23(2)28(19-22)36-18-8-17-31(3,4)30(35)32-21-27(33)25-13-15-26(16-14-25)37-29(34)20-24-9-6-5-7-10-24/h5-7,9-16,19H,8,17-18,20-21H2,1-4H3,(H,32,35). The van der Waals surface area contributed by atoms with Crippen molar-refractivity contribution in [2.75, 3.05) is 13.2 Å². The van der Waals surface area contributed by atoms with Crippen LogP contribution in [0.1, 0.15) is 53.7 Å². The first kappa shape index (κ1) is 27.7. The van der Waals surface area contributed by atoms with Crippen molar-refractivity contribution in [3.05, 3.63) is 95.1 Å². The van der Waals surface area contributed by atoms with Crippen LogP contribution in [0.2, 0.25) is 0 Å². The Labute approximate surface area is 219 Å². The maximum Gasteiger partial charge on any atom is 0.315 e. The predicted octanol–water partition coefficient (Wildman–Crippen LogP) is 5.64. The Bertz CT molecular complexity index is 1220. The average molecular weight is 502 g/mol. The SMILES string of the molecule is Cc1ccc(C)c(OCCCC(C)(C)C(=O)NCC(=O)c2ccc(OC(=O)Cc3ccccc3)cc2)c1. The van der Waals surface area contributed by atoms with E-state index in [-0.39, 0.29) is 30.6 Å². The molecule has 0 spiro atoms. The molecule has 3 aromatic carbocycles. The van der Waals surface area contributed by atoms with Crippen LogP contribution in [0.4, 0.5) is 0 Å². The number of Topliss-reactive ketones (excluding diaryl/α,β-unsaturated/α-hetero) is 1. The van der Waals surface area contributed by atoms with Crippen molar-refractivity contribution in [1.29, 1.82) is 0 Å². The molecule has 0 aliphatic rings. The molecule has 3 aromatic rings. The average Bonchev–Trinajstić information content (AvgIpc) is 2.87. The largest absolute Gasteiger partial charge is 0.493 e. The van der Waals surface area contributed by atoms with Gasteiger partial charge in [0, 0.05) is 11.0 Å². The van der Waals surface area contributed by atoms with Gasteiger partial charge in [-0.05, 0) is 73.7 Å². The van der Waals surface area contributed by atoms with Crippen molar-refractivity contribution in [1.82, 2.24) is 5.32 Å². The molecule has 0 unspecified atom stereocenters. The molecule has 0 radical (unpaired) electrons. The van der Waals surface area contributed by atoms with E-state index in [2.05, 4.69) is 5.32 Å². The lowest BCUT2D eigenvalue weighted by Crippen LogP contribution is -2.39. The molecule has 194 valence electrons. The molecule has 0 atom stereocenters. The molecule has 0 aromatic heterocycles. The molecule has 0 saturated carbocycles. The molecule has 0 aliphatic carbocycles. The highest BCUT2D eigenvalue weighted by atomic mass is 16.5. The van der Waals surface area contributed by atoms with E-state index in [1.54, 1.807) is 24.3 Å². The van der Waals surface area contributed by atoms with Gasteiger partial charge in [-0.2, -0.15) is 0 Å². The van der Waals surface area contributed by atoms with Crippen LogP contribution < -0.4 is 14.8 Å². The maximum atomic E-state index is 12.7. The number of rotatable bonds is 12. The van der Waals surface area contributed by atoms with E-state index in [4.69, 9.17) is 9.47 Å². The molecule has 0 fully saturated rings. The molecular weight excluding hydrogens is 466 g/mol. The summed E-state index contributed by atoms with van der Waals surface area (Å²) in [5, 5.41) is 2.76. The highest BCUT2D eigenvalue weighted by molar-refractivity contribution is 5.99. The summed E-state index contributed by atoms with van der Waals surface area (Å²) in [4.78, 5) is 37.4. The smallest absolute Gasteiger partial charge is 0.315 e. The zero-order chi connectivity index (χ0) is 26.8. The molecule has 0 bridgehead atoms. The zero-order valence-electron chi connectivity index (χ0n) is 22.0. The van der Waals surface area contributed by atoms with Gasteiger partial charge < -0.3 is 14.8 Å². The van der Waals surface area contributed by atoms with E-state index in [0.717, 1.165) is 22.4 Å². The summed E-state index contributed by atoms with van der Waals surface area (Å²) < 4.78 is 11.2. The molecule has 0 aliphatic heterocycles. The van der Waals surface area contributed by atoms with E-state index in [1.807, 2.05) is 76.2 Å². The number of esters is 1. The van der Waals surface area contributed by atoms with Crippen molar-refractivity contribution in [2.24, 2.45) is 5.41 Å². The summed E-state index contributed by atoms with van der Waals surface area (Å²) >= 11 is 0. The molecule has 37 heavy (non-hydrogen) atoms. The third-order valence-corrected chi connectivity index (χ3v) is 6.17. The molecule has 1 N–H and O–H groups in total. The summed E-state index contributed by atoms with van der Waals surface area (Å²) in [5.74, 6) is 0.457. The third kappa shape index (κ3) is 8.60. The highest BCUT2D eigenvalue weighted by Crippen LogP contribution is 2.24. The number of nitrogens with one attached hydrogen (secondary N) is 1. The number of hydrogen-bond acceptors (Lipinski definition) is 5. The maximum absolute atomic E-state index is 12.7.